The summed E-state index contributed by atoms with van der Waals surface area (Å²) in [6, 6.07) is 15.2. The summed E-state index contributed by atoms with van der Waals surface area (Å²) in [6.45, 7) is 10.5. The Bertz CT molecular complexity index is 1280. The van der Waals surface area contributed by atoms with Crippen molar-refractivity contribution in [2.24, 2.45) is 5.41 Å². The van der Waals surface area contributed by atoms with Crippen LogP contribution in [0.5, 0.6) is 0 Å². The van der Waals surface area contributed by atoms with E-state index in [0.29, 0.717) is 18.7 Å². The number of benzene rings is 2. The highest BCUT2D eigenvalue weighted by Gasteiger charge is 2.27. The van der Waals surface area contributed by atoms with E-state index in [4.69, 9.17) is 0 Å². The number of rotatable bonds is 10. The number of hydrogen-bond donors (Lipinski definition) is 0. The molecule has 0 fully saturated rings. The van der Waals surface area contributed by atoms with E-state index in [0.717, 1.165) is 5.56 Å². The topological polar surface area (TPSA) is 72.3 Å². The molecule has 1 aromatic heterocycles. The van der Waals surface area contributed by atoms with Crippen molar-refractivity contribution >= 4 is 15.7 Å². The summed E-state index contributed by atoms with van der Waals surface area (Å²) in [4.78, 5) is 18.9. The van der Waals surface area contributed by atoms with E-state index >= 15 is 0 Å². The molecule has 8 heteroatoms. The monoisotopic (exact) mass is 497 g/mol. The second-order valence-corrected chi connectivity index (χ2v) is 11.6. The number of sulfone groups is 1. The Balaban J connectivity index is 2.01. The molecule has 3 aromatic rings. The van der Waals surface area contributed by atoms with E-state index in [-0.39, 0.29) is 35.1 Å². The molecule has 186 valence electrons. The number of carbonyl (C=O) groups excluding carboxylic acids is 1. The minimum Gasteiger partial charge on any atom is -0.333 e. The first-order valence-electron chi connectivity index (χ1n) is 11.4. The van der Waals surface area contributed by atoms with Crippen LogP contribution in [0, 0.1) is 11.2 Å². The van der Waals surface area contributed by atoms with Crippen molar-refractivity contribution in [3.05, 3.63) is 96.1 Å². The van der Waals surface area contributed by atoms with E-state index in [1.807, 2.05) is 51.1 Å². The van der Waals surface area contributed by atoms with Crippen LogP contribution in [0.3, 0.4) is 0 Å². The molecule has 0 N–H and O–H groups in total. The second-order valence-electron chi connectivity index (χ2n) is 9.75. The van der Waals surface area contributed by atoms with Gasteiger partial charge in [0.25, 0.3) is 0 Å². The van der Waals surface area contributed by atoms with Crippen molar-refractivity contribution in [2.45, 2.75) is 51.2 Å². The SMILES string of the molecule is C=CCN(Cc1cnc(S(=O)(=O)Cc2ccccc2F)n1Cc1ccccc1)C(=O)CC(C)(C)C. The van der Waals surface area contributed by atoms with Crippen LogP contribution in [-0.4, -0.2) is 35.3 Å². The van der Waals surface area contributed by atoms with E-state index < -0.39 is 21.4 Å². The van der Waals surface area contributed by atoms with Gasteiger partial charge in [0.05, 0.1) is 30.7 Å². The third-order valence-electron chi connectivity index (χ3n) is 5.40. The van der Waals surface area contributed by atoms with E-state index in [2.05, 4.69) is 11.6 Å². The lowest BCUT2D eigenvalue weighted by Crippen LogP contribution is -2.34. The zero-order valence-electron chi connectivity index (χ0n) is 20.4. The van der Waals surface area contributed by atoms with Gasteiger partial charge in [0.2, 0.25) is 20.9 Å². The molecule has 0 radical (unpaired) electrons. The molecule has 35 heavy (non-hydrogen) atoms. The number of nitrogens with zero attached hydrogens (tertiary/aromatic N) is 3. The summed E-state index contributed by atoms with van der Waals surface area (Å²) in [5.41, 5.74) is 1.34. The van der Waals surface area contributed by atoms with E-state index in [1.165, 1.54) is 24.4 Å². The summed E-state index contributed by atoms with van der Waals surface area (Å²) in [5, 5.41) is -0.151. The third kappa shape index (κ3) is 7.11. The van der Waals surface area contributed by atoms with Crippen molar-refractivity contribution in [1.29, 1.82) is 0 Å². The van der Waals surface area contributed by atoms with Crippen LogP contribution in [0.15, 0.2) is 78.6 Å². The molecule has 0 atom stereocenters. The second kappa shape index (κ2) is 11.0. The first kappa shape index (κ1) is 26.3. The van der Waals surface area contributed by atoms with E-state index in [9.17, 15) is 17.6 Å². The minimum absolute atomic E-state index is 0.0550. The van der Waals surface area contributed by atoms with Crippen LogP contribution in [0.25, 0.3) is 0 Å². The first-order chi connectivity index (χ1) is 16.5. The summed E-state index contributed by atoms with van der Waals surface area (Å²) in [7, 11) is -3.97. The Morgan fingerprint density at radius 1 is 1.11 bits per heavy atom. The lowest BCUT2D eigenvalue weighted by molar-refractivity contribution is -0.133. The van der Waals surface area contributed by atoms with Gasteiger partial charge in [0.1, 0.15) is 5.82 Å². The zero-order valence-corrected chi connectivity index (χ0v) is 21.3. The number of imidazole rings is 1. The molecule has 0 aliphatic rings. The Kier molecular flexibility index (Phi) is 8.27. The molecule has 3 rings (SSSR count). The highest BCUT2D eigenvalue weighted by atomic mass is 32.2. The average molecular weight is 498 g/mol. The lowest BCUT2D eigenvalue weighted by atomic mass is 9.91. The van der Waals surface area contributed by atoms with Gasteiger partial charge < -0.3 is 9.47 Å². The van der Waals surface area contributed by atoms with Crippen molar-refractivity contribution in [2.75, 3.05) is 6.54 Å². The number of halogens is 1. The van der Waals surface area contributed by atoms with Gasteiger partial charge in [-0.05, 0) is 17.0 Å². The molecule has 0 bridgehead atoms. The van der Waals surface area contributed by atoms with Crippen LogP contribution in [0.4, 0.5) is 4.39 Å². The molecule has 0 spiro atoms. The average Bonchev–Trinajstić information content (AvgIpc) is 3.17. The number of hydrogen-bond acceptors (Lipinski definition) is 4. The Morgan fingerprint density at radius 3 is 2.40 bits per heavy atom. The quantitative estimate of drug-likeness (QED) is 0.370. The molecule has 0 saturated carbocycles. The number of amides is 1. The molecule has 0 saturated heterocycles. The maximum absolute atomic E-state index is 14.2. The van der Waals surface area contributed by atoms with Crippen LogP contribution in [-0.2, 0) is 33.5 Å². The van der Waals surface area contributed by atoms with Crippen molar-refractivity contribution in [3.8, 4) is 0 Å². The summed E-state index contributed by atoms with van der Waals surface area (Å²) in [6.07, 6.45) is 3.47. The maximum atomic E-state index is 14.2. The highest BCUT2D eigenvalue weighted by molar-refractivity contribution is 7.90. The van der Waals surface area contributed by atoms with Crippen molar-refractivity contribution < 1.29 is 17.6 Å². The third-order valence-corrected chi connectivity index (χ3v) is 6.98. The number of aromatic nitrogens is 2. The molecule has 0 aliphatic heterocycles. The molecule has 1 heterocycles. The Labute approximate surface area is 207 Å². The van der Waals surface area contributed by atoms with Crippen molar-refractivity contribution in [3.63, 3.8) is 0 Å². The minimum atomic E-state index is -3.97. The molecule has 6 nitrogen and oxygen atoms in total. The standard InChI is InChI=1S/C27H32FN3O3S/c1-5-15-30(25(32)16-27(2,3)4)19-23-17-29-26(31(23)18-21-11-7-6-8-12-21)35(33,34)20-22-13-9-10-14-24(22)28/h5-14,17H,1,15-16,18-20H2,2-4H3. The Hall–Kier alpha value is -3.26. The largest absolute Gasteiger partial charge is 0.333 e. The Morgan fingerprint density at radius 2 is 1.77 bits per heavy atom. The van der Waals surface area contributed by atoms with Gasteiger partial charge in [-0.3, -0.25) is 4.79 Å². The fourth-order valence-electron chi connectivity index (χ4n) is 3.76. The van der Waals surface area contributed by atoms with Gasteiger partial charge in [-0.1, -0.05) is 75.4 Å². The fraction of sp³-hybridized carbons (Fsp3) is 0.333. The maximum Gasteiger partial charge on any atom is 0.228 e. The van der Waals surface area contributed by atoms with Gasteiger partial charge in [0, 0.05) is 18.5 Å². The predicted molar refractivity (Wildman–Crippen MR) is 135 cm³/mol. The van der Waals surface area contributed by atoms with Gasteiger partial charge in [-0.2, -0.15) is 0 Å². The summed E-state index contributed by atoms with van der Waals surface area (Å²) >= 11 is 0. The fourth-order valence-corrected chi connectivity index (χ4v) is 5.26. The predicted octanol–water partition coefficient (Wildman–Crippen LogP) is 5.00. The van der Waals surface area contributed by atoms with Gasteiger partial charge in [0.15, 0.2) is 0 Å². The van der Waals surface area contributed by atoms with Gasteiger partial charge >= 0.3 is 0 Å². The summed E-state index contributed by atoms with van der Waals surface area (Å²) in [5.74, 6) is -1.15. The molecule has 1 amide bonds. The first-order valence-corrected chi connectivity index (χ1v) is 13.1. The van der Waals surface area contributed by atoms with Crippen LogP contribution >= 0.6 is 0 Å². The van der Waals surface area contributed by atoms with Gasteiger partial charge in [-0.15, -0.1) is 6.58 Å². The molecule has 2 aromatic carbocycles. The highest BCUT2D eigenvalue weighted by Crippen LogP contribution is 2.24. The van der Waals surface area contributed by atoms with Crippen LogP contribution in [0.1, 0.15) is 44.0 Å². The molecule has 0 aliphatic carbocycles. The molecular formula is C27H32FN3O3S. The van der Waals surface area contributed by atoms with Gasteiger partial charge in [-0.25, -0.2) is 17.8 Å². The lowest BCUT2D eigenvalue weighted by Gasteiger charge is -2.26. The molecular weight excluding hydrogens is 465 g/mol. The van der Waals surface area contributed by atoms with Crippen LogP contribution < -0.4 is 0 Å². The van der Waals surface area contributed by atoms with E-state index in [1.54, 1.807) is 21.6 Å². The van der Waals surface area contributed by atoms with Crippen LogP contribution in [0.2, 0.25) is 0 Å². The number of carbonyl (C=O) groups is 1. The normalized spacial score (nSPS) is 11.9. The summed E-state index contributed by atoms with van der Waals surface area (Å²) < 4.78 is 42.6. The smallest absolute Gasteiger partial charge is 0.228 e. The van der Waals surface area contributed by atoms with Crippen molar-refractivity contribution in [1.82, 2.24) is 14.5 Å². The molecule has 0 unspecified atom stereocenters. The zero-order chi connectivity index (χ0) is 25.6.